The van der Waals surface area contributed by atoms with E-state index in [1.165, 1.54) is 4.90 Å². The van der Waals surface area contributed by atoms with Crippen LogP contribution in [0.2, 0.25) is 0 Å². The van der Waals surface area contributed by atoms with Crippen LogP contribution < -0.4 is 5.32 Å². The standard InChI is InChI=1S/C13H13BrN2O3S/c1-2-9-12(18)15-11(17)6-16(9)13(19)8-4-3-7(14)5-10(8)20/h3-5,9,20H,2,6H2,1H3,(H,15,17,18). The third-order valence-electron chi connectivity index (χ3n) is 3.09. The van der Waals surface area contributed by atoms with Gasteiger partial charge in [0.05, 0.1) is 5.56 Å². The van der Waals surface area contributed by atoms with Crippen LogP contribution in [0.5, 0.6) is 0 Å². The summed E-state index contributed by atoms with van der Waals surface area (Å²) in [6, 6.07) is 4.41. The van der Waals surface area contributed by atoms with Gasteiger partial charge in [-0.1, -0.05) is 22.9 Å². The maximum Gasteiger partial charge on any atom is 0.256 e. The second-order valence-electron chi connectivity index (χ2n) is 4.43. The van der Waals surface area contributed by atoms with E-state index in [9.17, 15) is 14.4 Å². The van der Waals surface area contributed by atoms with Crippen LogP contribution in [0.25, 0.3) is 0 Å². The predicted octanol–water partition coefficient (Wildman–Crippen LogP) is 1.61. The third kappa shape index (κ3) is 2.88. The molecule has 0 saturated carbocycles. The predicted molar refractivity (Wildman–Crippen MR) is 79.7 cm³/mol. The molecule has 1 atom stereocenters. The summed E-state index contributed by atoms with van der Waals surface area (Å²) in [7, 11) is 0. The first-order valence-corrected chi connectivity index (χ1v) is 7.31. The Labute approximate surface area is 130 Å². The highest BCUT2D eigenvalue weighted by atomic mass is 79.9. The van der Waals surface area contributed by atoms with Crippen molar-refractivity contribution < 1.29 is 14.4 Å². The zero-order chi connectivity index (χ0) is 14.9. The van der Waals surface area contributed by atoms with Gasteiger partial charge in [0.1, 0.15) is 12.6 Å². The van der Waals surface area contributed by atoms with E-state index < -0.39 is 17.9 Å². The first-order chi connectivity index (χ1) is 9.43. The van der Waals surface area contributed by atoms with E-state index in [0.29, 0.717) is 16.9 Å². The fourth-order valence-electron chi connectivity index (χ4n) is 2.13. The minimum Gasteiger partial charge on any atom is -0.317 e. The van der Waals surface area contributed by atoms with E-state index in [4.69, 9.17) is 0 Å². The van der Waals surface area contributed by atoms with Gasteiger partial charge < -0.3 is 4.90 Å². The first kappa shape index (κ1) is 15.1. The number of piperazine rings is 1. The number of carbonyl (C=O) groups is 3. The zero-order valence-corrected chi connectivity index (χ0v) is 13.2. The van der Waals surface area contributed by atoms with Crippen molar-refractivity contribution in [3.05, 3.63) is 28.2 Å². The summed E-state index contributed by atoms with van der Waals surface area (Å²) in [5, 5.41) is 2.24. The van der Waals surface area contributed by atoms with Crippen LogP contribution >= 0.6 is 28.6 Å². The average Bonchev–Trinajstić information content (AvgIpc) is 2.37. The molecule has 0 bridgehead atoms. The van der Waals surface area contributed by atoms with Gasteiger partial charge in [0.15, 0.2) is 0 Å². The molecule has 1 aromatic carbocycles. The van der Waals surface area contributed by atoms with E-state index in [2.05, 4.69) is 33.9 Å². The number of nitrogens with zero attached hydrogens (tertiary/aromatic N) is 1. The molecule has 7 heteroatoms. The Hall–Kier alpha value is -1.34. The van der Waals surface area contributed by atoms with Crippen LogP contribution in [0.1, 0.15) is 23.7 Å². The van der Waals surface area contributed by atoms with Gasteiger partial charge in [0, 0.05) is 9.37 Å². The molecule has 1 aliphatic rings. The molecule has 1 heterocycles. The number of rotatable bonds is 2. The van der Waals surface area contributed by atoms with Gasteiger partial charge in [-0.3, -0.25) is 19.7 Å². The molecule has 2 rings (SSSR count). The highest BCUT2D eigenvalue weighted by Gasteiger charge is 2.36. The molecule has 1 aromatic rings. The largest absolute Gasteiger partial charge is 0.317 e. The fourth-order valence-corrected chi connectivity index (χ4v) is 2.97. The Morgan fingerprint density at radius 1 is 1.50 bits per heavy atom. The number of thiol groups is 1. The van der Waals surface area contributed by atoms with E-state index >= 15 is 0 Å². The molecule has 5 nitrogen and oxygen atoms in total. The van der Waals surface area contributed by atoms with E-state index in [0.717, 1.165) is 4.47 Å². The van der Waals surface area contributed by atoms with Crippen molar-refractivity contribution in [1.29, 1.82) is 0 Å². The molecule has 1 N–H and O–H groups in total. The van der Waals surface area contributed by atoms with E-state index in [1.807, 2.05) is 0 Å². The fraction of sp³-hybridized carbons (Fsp3) is 0.308. The van der Waals surface area contributed by atoms with Crippen molar-refractivity contribution in [3.8, 4) is 0 Å². The van der Waals surface area contributed by atoms with Gasteiger partial charge in [-0.25, -0.2) is 0 Å². The Morgan fingerprint density at radius 3 is 2.80 bits per heavy atom. The molecular formula is C13H13BrN2O3S. The quantitative estimate of drug-likeness (QED) is 0.624. The number of hydrogen-bond donors (Lipinski definition) is 2. The summed E-state index contributed by atoms with van der Waals surface area (Å²) in [4.78, 5) is 37.6. The molecule has 0 radical (unpaired) electrons. The van der Waals surface area contributed by atoms with Gasteiger partial charge in [0.25, 0.3) is 5.91 Å². The molecule has 1 saturated heterocycles. The minimum atomic E-state index is -0.628. The highest BCUT2D eigenvalue weighted by molar-refractivity contribution is 9.10. The van der Waals surface area contributed by atoms with Crippen LogP contribution in [-0.4, -0.2) is 35.2 Å². The molecular weight excluding hydrogens is 344 g/mol. The van der Waals surface area contributed by atoms with Crippen LogP contribution in [0.15, 0.2) is 27.6 Å². The van der Waals surface area contributed by atoms with Gasteiger partial charge in [-0.2, -0.15) is 0 Å². The molecule has 0 spiro atoms. The average molecular weight is 357 g/mol. The maximum atomic E-state index is 12.5. The van der Waals surface area contributed by atoms with Crippen molar-refractivity contribution in [2.45, 2.75) is 24.3 Å². The number of imide groups is 1. The molecule has 3 amide bonds. The second kappa shape index (κ2) is 5.97. The van der Waals surface area contributed by atoms with Crippen molar-refractivity contribution in [3.63, 3.8) is 0 Å². The van der Waals surface area contributed by atoms with Crippen molar-refractivity contribution in [2.75, 3.05) is 6.54 Å². The first-order valence-electron chi connectivity index (χ1n) is 6.07. The summed E-state index contributed by atoms with van der Waals surface area (Å²) in [6.07, 6.45) is 0.448. The Morgan fingerprint density at radius 2 is 2.20 bits per heavy atom. The summed E-state index contributed by atoms with van der Waals surface area (Å²) in [6.45, 7) is 1.68. The molecule has 106 valence electrons. The summed E-state index contributed by atoms with van der Waals surface area (Å²) >= 11 is 7.56. The lowest BCUT2D eigenvalue weighted by molar-refractivity contribution is -0.138. The van der Waals surface area contributed by atoms with Gasteiger partial charge in [-0.05, 0) is 24.6 Å². The van der Waals surface area contributed by atoms with Gasteiger partial charge in [0.2, 0.25) is 11.8 Å². The molecule has 1 fully saturated rings. The monoisotopic (exact) mass is 356 g/mol. The lowest BCUT2D eigenvalue weighted by Crippen LogP contribution is -2.59. The molecule has 0 aliphatic carbocycles. The number of halogens is 1. The Kier molecular flexibility index (Phi) is 4.49. The smallest absolute Gasteiger partial charge is 0.256 e. The van der Waals surface area contributed by atoms with Gasteiger partial charge >= 0.3 is 0 Å². The minimum absolute atomic E-state index is 0.119. The van der Waals surface area contributed by atoms with Crippen molar-refractivity contribution >= 4 is 46.3 Å². The Bertz CT molecular complexity index is 591. The summed E-state index contributed by atoms with van der Waals surface area (Å²) in [5.41, 5.74) is 0.373. The van der Waals surface area contributed by atoms with Gasteiger partial charge in [-0.15, -0.1) is 12.6 Å². The van der Waals surface area contributed by atoms with Crippen LogP contribution in [-0.2, 0) is 9.59 Å². The SMILES string of the molecule is CCC1C(=O)NC(=O)CN1C(=O)c1ccc(Br)cc1S. The molecule has 1 unspecified atom stereocenters. The normalized spacial score (nSPS) is 18.9. The molecule has 1 aliphatic heterocycles. The zero-order valence-electron chi connectivity index (χ0n) is 10.7. The lowest BCUT2D eigenvalue weighted by Gasteiger charge is -2.33. The van der Waals surface area contributed by atoms with E-state index in [1.54, 1.807) is 25.1 Å². The maximum absolute atomic E-state index is 12.5. The number of nitrogens with one attached hydrogen (secondary N) is 1. The summed E-state index contributed by atoms with van der Waals surface area (Å²) < 4.78 is 0.804. The topological polar surface area (TPSA) is 66.5 Å². The Balaban J connectivity index is 2.34. The highest BCUT2D eigenvalue weighted by Crippen LogP contribution is 2.23. The summed E-state index contributed by atoms with van der Waals surface area (Å²) in [5.74, 6) is -1.27. The van der Waals surface area contributed by atoms with Crippen molar-refractivity contribution in [2.24, 2.45) is 0 Å². The molecule has 20 heavy (non-hydrogen) atoms. The number of benzene rings is 1. The number of hydrogen-bond acceptors (Lipinski definition) is 4. The van der Waals surface area contributed by atoms with Crippen LogP contribution in [0.4, 0.5) is 0 Å². The lowest BCUT2D eigenvalue weighted by atomic mass is 10.1. The van der Waals surface area contributed by atoms with Crippen LogP contribution in [0.3, 0.4) is 0 Å². The van der Waals surface area contributed by atoms with E-state index in [-0.39, 0.29) is 12.5 Å². The second-order valence-corrected chi connectivity index (χ2v) is 5.83. The third-order valence-corrected chi connectivity index (χ3v) is 3.96. The van der Waals surface area contributed by atoms with Crippen molar-refractivity contribution in [1.82, 2.24) is 10.2 Å². The number of amides is 3. The number of carbonyl (C=O) groups excluding carboxylic acids is 3. The van der Waals surface area contributed by atoms with Crippen LogP contribution in [0, 0.1) is 0 Å². The molecule has 0 aromatic heterocycles.